The molecular weight excluding hydrogens is 240 g/mol. The maximum absolute atomic E-state index is 11.1. The minimum atomic E-state index is -0.946. The van der Waals surface area contributed by atoms with Gasteiger partial charge in [0.1, 0.15) is 6.10 Å². The quantitative estimate of drug-likeness (QED) is 0.688. The second-order valence-corrected chi connectivity index (χ2v) is 5.00. The van der Waals surface area contributed by atoms with Crippen LogP contribution in [0.4, 0.5) is 0 Å². The highest BCUT2D eigenvalue weighted by Gasteiger charge is 2.50. The summed E-state index contributed by atoms with van der Waals surface area (Å²) < 4.78 is 16.4. The molecule has 2 atom stereocenters. The summed E-state index contributed by atoms with van der Waals surface area (Å²) in [5.74, 6) is -2.69. The SMILES string of the molecule is O=C1OC([C@@H]2COC3(CCCCC3)O2)C(O)=C1O. The van der Waals surface area contributed by atoms with Crippen LogP contribution in [0.25, 0.3) is 0 Å². The van der Waals surface area contributed by atoms with Gasteiger partial charge in [0, 0.05) is 12.8 Å². The molecule has 1 aliphatic carbocycles. The van der Waals surface area contributed by atoms with E-state index < -0.39 is 35.5 Å². The zero-order chi connectivity index (χ0) is 12.8. The van der Waals surface area contributed by atoms with Gasteiger partial charge >= 0.3 is 5.97 Å². The maximum atomic E-state index is 11.1. The number of rotatable bonds is 1. The number of esters is 1. The van der Waals surface area contributed by atoms with Crippen molar-refractivity contribution in [3.63, 3.8) is 0 Å². The van der Waals surface area contributed by atoms with Gasteiger partial charge in [-0.1, -0.05) is 6.42 Å². The van der Waals surface area contributed by atoms with Crippen LogP contribution in [0.1, 0.15) is 32.1 Å². The third-order valence-corrected chi connectivity index (χ3v) is 3.77. The van der Waals surface area contributed by atoms with Crippen LogP contribution in [0.2, 0.25) is 0 Å². The lowest BCUT2D eigenvalue weighted by Gasteiger charge is -2.32. The van der Waals surface area contributed by atoms with E-state index in [-0.39, 0.29) is 6.61 Å². The monoisotopic (exact) mass is 256 g/mol. The van der Waals surface area contributed by atoms with Gasteiger partial charge in [-0.2, -0.15) is 0 Å². The average Bonchev–Trinajstić information content (AvgIpc) is 2.88. The summed E-state index contributed by atoms with van der Waals surface area (Å²) >= 11 is 0. The molecule has 6 heteroatoms. The first-order valence-electron chi connectivity index (χ1n) is 6.26. The van der Waals surface area contributed by atoms with E-state index in [1.54, 1.807) is 0 Å². The Kier molecular flexibility index (Phi) is 2.71. The lowest BCUT2D eigenvalue weighted by atomic mass is 9.94. The van der Waals surface area contributed by atoms with Gasteiger partial charge in [-0.15, -0.1) is 0 Å². The van der Waals surface area contributed by atoms with Crippen molar-refractivity contribution in [3.8, 4) is 0 Å². The van der Waals surface area contributed by atoms with E-state index in [4.69, 9.17) is 14.2 Å². The highest BCUT2D eigenvalue weighted by molar-refractivity contribution is 5.89. The summed E-state index contributed by atoms with van der Waals surface area (Å²) in [5.41, 5.74) is 0. The van der Waals surface area contributed by atoms with Crippen LogP contribution in [-0.2, 0) is 19.0 Å². The minimum absolute atomic E-state index is 0.259. The molecule has 1 unspecified atom stereocenters. The van der Waals surface area contributed by atoms with Crippen molar-refractivity contribution in [2.24, 2.45) is 0 Å². The van der Waals surface area contributed by atoms with Gasteiger partial charge in [-0.3, -0.25) is 0 Å². The van der Waals surface area contributed by atoms with E-state index in [1.165, 1.54) is 6.42 Å². The first kappa shape index (κ1) is 11.8. The Balaban J connectivity index is 1.71. The van der Waals surface area contributed by atoms with Gasteiger partial charge in [0.05, 0.1) is 6.61 Å². The van der Waals surface area contributed by atoms with Crippen LogP contribution in [-0.4, -0.2) is 40.8 Å². The van der Waals surface area contributed by atoms with Crippen molar-refractivity contribution in [2.75, 3.05) is 6.61 Å². The van der Waals surface area contributed by atoms with E-state index in [0.29, 0.717) is 0 Å². The topological polar surface area (TPSA) is 85.2 Å². The van der Waals surface area contributed by atoms with Crippen LogP contribution < -0.4 is 0 Å². The van der Waals surface area contributed by atoms with E-state index in [0.717, 1.165) is 25.7 Å². The predicted molar refractivity (Wildman–Crippen MR) is 58.8 cm³/mol. The zero-order valence-electron chi connectivity index (χ0n) is 9.92. The van der Waals surface area contributed by atoms with Crippen molar-refractivity contribution in [1.29, 1.82) is 0 Å². The van der Waals surface area contributed by atoms with E-state index in [1.807, 2.05) is 0 Å². The fourth-order valence-corrected chi connectivity index (χ4v) is 2.80. The van der Waals surface area contributed by atoms with Gasteiger partial charge < -0.3 is 24.4 Å². The Bertz CT molecular complexity index is 395. The standard InChI is InChI=1S/C12H16O6/c13-8-9(14)11(15)17-10(8)7-6-16-12(18-7)4-2-1-3-5-12/h7,10,13-14H,1-6H2/t7-,10?/m0/s1. The molecule has 0 aromatic rings. The number of carbonyl (C=O) groups excluding carboxylic acids is 1. The molecule has 2 heterocycles. The van der Waals surface area contributed by atoms with Crippen LogP contribution in [0.5, 0.6) is 0 Å². The molecule has 2 fully saturated rings. The highest BCUT2D eigenvalue weighted by Crippen LogP contribution is 2.40. The van der Waals surface area contributed by atoms with Gasteiger partial charge in [0.2, 0.25) is 5.76 Å². The molecule has 2 N–H and O–H groups in total. The highest BCUT2D eigenvalue weighted by atomic mass is 16.8. The largest absolute Gasteiger partial charge is 0.505 e. The van der Waals surface area contributed by atoms with Gasteiger partial charge in [0.25, 0.3) is 0 Å². The van der Waals surface area contributed by atoms with Crippen LogP contribution >= 0.6 is 0 Å². The molecule has 0 bridgehead atoms. The number of carbonyl (C=O) groups is 1. The molecule has 0 amide bonds. The summed E-state index contributed by atoms with van der Waals surface area (Å²) in [6, 6.07) is 0. The first-order valence-corrected chi connectivity index (χ1v) is 6.26. The number of cyclic esters (lactones) is 1. The summed E-state index contributed by atoms with van der Waals surface area (Å²) in [7, 11) is 0. The summed E-state index contributed by atoms with van der Waals surface area (Å²) in [5, 5.41) is 18.9. The Morgan fingerprint density at radius 1 is 1.17 bits per heavy atom. The van der Waals surface area contributed by atoms with Gasteiger partial charge in [-0.05, 0) is 12.8 Å². The lowest BCUT2D eigenvalue weighted by Crippen LogP contribution is -2.36. The van der Waals surface area contributed by atoms with Gasteiger partial charge in [-0.25, -0.2) is 4.79 Å². The van der Waals surface area contributed by atoms with Crippen LogP contribution in [0.3, 0.4) is 0 Å². The lowest BCUT2D eigenvalue weighted by molar-refractivity contribution is -0.197. The number of hydrogen-bond donors (Lipinski definition) is 2. The molecule has 0 aromatic heterocycles. The van der Waals surface area contributed by atoms with E-state index in [9.17, 15) is 15.0 Å². The Hall–Kier alpha value is -1.27. The Morgan fingerprint density at radius 2 is 1.89 bits per heavy atom. The van der Waals surface area contributed by atoms with Crippen molar-refractivity contribution in [3.05, 3.63) is 11.5 Å². The summed E-state index contributed by atoms with van der Waals surface area (Å²) in [6.45, 7) is 0.259. The second kappa shape index (κ2) is 4.13. The normalized spacial score (nSPS) is 35.2. The smallest absolute Gasteiger partial charge is 0.377 e. The fraction of sp³-hybridized carbons (Fsp3) is 0.750. The minimum Gasteiger partial charge on any atom is -0.505 e. The molecule has 6 nitrogen and oxygen atoms in total. The van der Waals surface area contributed by atoms with Crippen LogP contribution in [0, 0.1) is 0 Å². The predicted octanol–water partition coefficient (Wildman–Crippen LogP) is 1.32. The van der Waals surface area contributed by atoms with E-state index in [2.05, 4.69) is 0 Å². The molecular formula is C12H16O6. The average molecular weight is 256 g/mol. The molecule has 0 radical (unpaired) electrons. The molecule has 18 heavy (non-hydrogen) atoms. The summed E-state index contributed by atoms with van der Waals surface area (Å²) in [6.07, 6.45) is 3.41. The molecule has 1 saturated carbocycles. The van der Waals surface area contributed by atoms with Crippen LogP contribution in [0.15, 0.2) is 11.5 Å². The molecule has 1 saturated heterocycles. The van der Waals surface area contributed by atoms with E-state index >= 15 is 0 Å². The third-order valence-electron chi connectivity index (χ3n) is 3.77. The maximum Gasteiger partial charge on any atom is 0.377 e. The molecule has 3 aliphatic rings. The molecule has 0 aromatic carbocycles. The van der Waals surface area contributed by atoms with Crippen molar-refractivity contribution in [2.45, 2.75) is 50.1 Å². The molecule has 3 rings (SSSR count). The fourth-order valence-electron chi connectivity index (χ4n) is 2.80. The second-order valence-electron chi connectivity index (χ2n) is 5.00. The molecule has 100 valence electrons. The number of ether oxygens (including phenoxy) is 3. The Labute approximate surface area is 104 Å². The first-order chi connectivity index (χ1) is 8.61. The number of aliphatic hydroxyl groups excluding tert-OH is 2. The summed E-state index contributed by atoms with van der Waals surface area (Å²) in [4.78, 5) is 11.1. The van der Waals surface area contributed by atoms with Crippen molar-refractivity contribution < 1.29 is 29.2 Å². The number of aliphatic hydroxyl groups is 2. The molecule has 1 spiro atoms. The third kappa shape index (κ3) is 1.76. The Morgan fingerprint density at radius 3 is 2.50 bits per heavy atom. The van der Waals surface area contributed by atoms with Crippen molar-refractivity contribution >= 4 is 5.97 Å². The zero-order valence-corrected chi connectivity index (χ0v) is 9.92. The number of hydrogen-bond acceptors (Lipinski definition) is 6. The van der Waals surface area contributed by atoms with Crippen molar-refractivity contribution in [1.82, 2.24) is 0 Å². The van der Waals surface area contributed by atoms with Gasteiger partial charge in [0.15, 0.2) is 17.7 Å². The molecule has 2 aliphatic heterocycles.